The second kappa shape index (κ2) is 9.38. The van der Waals surface area contributed by atoms with E-state index in [1.807, 2.05) is 12.1 Å². The molecule has 2 unspecified atom stereocenters. The van der Waals surface area contributed by atoms with Crippen LogP contribution >= 0.6 is 0 Å². The normalized spacial score (nSPS) is 22.7. The maximum Gasteiger partial charge on any atom is 0.118 e. The van der Waals surface area contributed by atoms with Crippen molar-refractivity contribution in [3.05, 3.63) is 65.7 Å². The quantitative estimate of drug-likeness (QED) is 0.670. The van der Waals surface area contributed by atoms with Crippen LogP contribution in [0.5, 0.6) is 5.75 Å². The van der Waals surface area contributed by atoms with E-state index in [0.717, 1.165) is 44.7 Å². The van der Waals surface area contributed by atoms with Gasteiger partial charge in [-0.3, -0.25) is 0 Å². The zero-order valence-electron chi connectivity index (χ0n) is 16.9. The van der Waals surface area contributed by atoms with E-state index in [2.05, 4.69) is 61.6 Å². The van der Waals surface area contributed by atoms with Gasteiger partial charge in [-0.15, -0.1) is 0 Å². The molecule has 146 valence electrons. The molecule has 3 nitrogen and oxygen atoms in total. The van der Waals surface area contributed by atoms with E-state index in [-0.39, 0.29) is 5.41 Å². The summed E-state index contributed by atoms with van der Waals surface area (Å²) in [4.78, 5) is 0. The monoisotopic (exact) mass is 367 g/mol. The van der Waals surface area contributed by atoms with E-state index in [0.29, 0.717) is 12.0 Å². The lowest BCUT2D eigenvalue weighted by Crippen LogP contribution is -2.42. The first-order chi connectivity index (χ1) is 13.1. The van der Waals surface area contributed by atoms with E-state index in [1.54, 1.807) is 7.11 Å². The van der Waals surface area contributed by atoms with Crippen molar-refractivity contribution in [3.8, 4) is 5.75 Å². The van der Waals surface area contributed by atoms with Crippen molar-refractivity contribution >= 4 is 0 Å². The summed E-state index contributed by atoms with van der Waals surface area (Å²) in [5.41, 5.74) is 2.96. The van der Waals surface area contributed by atoms with Crippen molar-refractivity contribution in [2.45, 2.75) is 51.2 Å². The van der Waals surface area contributed by atoms with Gasteiger partial charge in [-0.2, -0.15) is 0 Å². The van der Waals surface area contributed by atoms with Crippen molar-refractivity contribution in [3.63, 3.8) is 0 Å². The molecule has 27 heavy (non-hydrogen) atoms. The summed E-state index contributed by atoms with van der Waals surface area (Å²) < 4.78 is 11.3. The largest absolute Gasteiger partial charge is 0.497 e. The lowest BCUT2D eigenvalue weighted by atomic mass is 9.68. The van der Waals surface area contributed by atoms with E-state index in [1.165, 1.54) is 11.1 Å². The fraction of sp³-hybridized carbons (Fsp3) is 0.500. The highest BCUT2D eigenvalue weighted by Gasteiger charge is 2.38. The molecule has 0 spiro atoms. The van der Waals surface area contributed by atoms with Crippen LogP contribution in [0.3, 0.4) is 0 Å². The summed E-state index contributed by atoms with van der Waals surface area (Å²) in [5, 5.41) is 3.64. The average Bonchev–Trinajstić information content (AvgIpc) is 2.72. The molecule has 2 atom stereocenters. The Kier molecular flexibility index (Phi) is 6.92. The van der Waals surface area contributed by atoms with Crippen LogP contribution in [0.4, 0.5) is 0 Å². The van der Waals surface area contributed by atoms with Gasteiger partial charge in [0, 0.05) is 18.6 Å². The maximum absolute atomic E-state index is 6.08. The summed E-state index contributed by atoms with van der Waals surface area (Å²) in [6.07, 6.45) is 3.70. The van der Waals surface area contributed by atoms with Gasteiger partial charge >= 0.3 is 0 Å². The first-order valence-electron chi connectivity index (χ1n) is 10.1. The van der Waals surface area contributed by atoms with Gasteiger partial charge in [-0.05, 0) is 55.0 Å². The molecule has 0 aromatic heterocycles. The van der Waals surface area contributed by atoms with Crippen molar-refractivity contribution in [1.29, 1.82) is 0 Å². The van der Waals surface area contributed by atoms with E-state index in [4.69, 9.17) is 9.47 Å². The van der Waals surface area contributed by atoms with Gasteiger partial charge < -0.3 is 14.8 Å². The number of benzene rings is 2. The molecular weight excluding hydrogens is 334 g/mol. The van der Waals surface area contributed by atoms with E-state index in [9.17, 15) is 0 Å². The molecular formula is C24H33NO2. The number of hydrogen-bond donors (Lipinski definition) is 1. The van der Waals surface area contributed by atoms with Gasteiger partial charge in [0.25, 0.3) is 0 Å². The van der Waals surface area contributed by atoms with Gasteiger partial charge in [-0.1, -0.05) is 56.3 Å². The van der Waals surface area contributed by atoms with E-state index < -0.39 is 0 Å². The minimum Gasteiger partial charge on any atom is -0.497 e. The fourth-order valence-electron chi connectivity index (χ4n) is 4.11. The molecule has 1 saturated heterocycles. The van der Waals surface area contributed by atoms with Gasteiger partial charge in [0.1, 0.15) is 5.75 Å². The Labute approximate surface area is 164 Å². The first-order valence-corrected chi connectivity index (χ1v) is 10.1. The molecule has 1 heterocycles. The van der Waals surface area contributed by atoms with Crippen LogP contribution in [0.25, 0.3) is 0 Å². The van der Waals surface area contributed by atoms with Crippen LogP contribution in [0, 0.1) is 5.92 Å². The molecule has 0 aliphatic carbocycles. The number of methoxy groups -OCH3 is 1. The highest BCUT2D eigenvalue weighted by molar-refractivity contribution is 5.28. The molecule has 0 bridgehead atoms. The Morgan fingerprint density at radius 3 is 2.52 bits per heavy atom. The molecule has 1 fully saturated rings. The van der Waals surface area contributed by atoms with Crippen molar-refractivity contribution in [2.75, 3.05) is 20.3 Å². The molecule has 3 rings (SSSR count). The van der Waals surface area contributed by atoms with Gasteiger partial charge in [0.15, 0.2) is 0 Å². The van der Waals surface area contributed by atoms with Crippen molar-refractivity contribution < 1.29 is 9.47 Å². The topological polar surface area (TPSA) is 30.5 Å². The molecule has 1 aliphatic heterocycles. The van der Waals surface area contributed by atoms with Crippen LogP contribution in [0.2, 0.25) is 0 Å². The average molecular weight is 368 g/mol. The zero-order chi connectivity index (χ0) is 19.1. The lowest BCUT2D eigenvalue weighted by Gasteiger charge is -2.43. The molecule has 1 aliphatic rings. The number of nitrogens with one attached hydrogen (secondary N) is 1. The Bertz CT molecular complexity index is 683. The first kappa shape index (κ1) is 19.9. The molecule has 2 aromatic rings. The Hall–Kier alpha value is -1.84. The van der Waals surface area contributed by atoms with Crippen LogP contribution in [0.1, 0.15) is 44.2 Å². The summed E-state index contributed by atoms with van der Waals surface area (Å²) in [6.45, 7) is 7.29. The SMILES string of the molecule is COc1ccc(CNCCC2(c3ccccc3)CCOC(C(C)C)C2)cc1. The summed E-state index contributed by atoms with van der Waals surface area (Å²) in [7, 11) is 1.70. The minimum absolute atomic E-state index is 0.210. The molecule has 2 aromatic carbocycles. The van der Waals surface area contributed by atoms with Crippen LogP contribution < -0.4 is 10.1 Å². The summed E-state index contributed by atoms with van der Waals surface area (Å²) >= 11 is 0. The van der Waals surface area contributed by atoms with Crippen LogP contribution in [-0.2, 0) is 16.7 Å². The van der Waals surface area contributed by atoms with Gasteiger partial charge in [0.05, 0.1) is 13.2 Å². The third kappa shape index (κ3) is 5.12. The number of rotatable bonds is 8. The highest BCUT2D eigenvalue weighted by Crippen LogP contribution is 2.41. The predicted molar refractivity (Wildman–Crippen MR) is 111 cm³/mol. The lowest BCUT2D eigenvalue weighted by molar-refractivity contribution is -0.0469. The van der Waals surface area contributed by atoms with Gasteiger partial charge in [0.2, 0.25) is 0 Å². The number of hydrogen-bond acceptors (Lipinski definition) is 3. The fourth-order valence-corrected chi connectivity index (χ4v) is 4.11. The molecule has 0 amide bonds. The molecule has 0 radical (unpaired) electrons. The smallest absolute Gasteiger partial charge is 0.118 e. The van der Waals surface area contributed by atoms with Crippen molar-refractivity contribution in [1.82, 2.24) is 5.32 Å². The Morgan fingerprint density at radius 2 is 1.85 bits per heavy atom. The van der Waals surface area contributed by atoms with Crippen LogP contribution in [0.15, 0.2) is 54.6 Å². The minimum atomic E-state index is 0.210. The van der Waals surface area contributed by atoms with Crippen LogP contribution in [-0.4, -0.2) is 26.4 Å². The second-order valence-electron chi connectivity index (χ2n) is 8.03. The number of ether oxygens (including phenoxy) is 2. The summed E-state index contributed by atoms with van der Waals surface area (Å²) in [5.74, 6) is 1.46. The molecule has 0 saturated carbocycles. The third-order valence-corrected chi connectivity index (χ3v) is 5.90. The Balaban J connectivity index is 1.63. The Morgan fingerprint density at radius 1 is 1.11 bits per heavy atom. The third-order valence-electron chi connectivity index (χ3n) is 5.90. The molecule has 3 heteroatoms. The van der Waals surface area contributed by atoms with Crippen molar-refractivity contribution in [2.24, 2.45) is 5.92 Å². The zero-order valence-corrected chi connectivity index (χ0v) is 16.9. The van der Waals surface area contributed by atoms with Gasteiger partial charge in [-0.25, -0.2) is 0 Å². The second-order valence-corrected chi connectivity index (χ2v) is 8.03. The standard InChI is InChI=1S/C24H33NO2/c1-19(2)23-17-24(14-16-27-23,21-7-5-4-6-8-21)13-15-25-18-20-9-11-22(26-3)12-10-20/h4-12,19,23,25H,13-18H2,1-3H3. The van der Waals surface area contributed by atoms with E-state index >= 15 is 0 Å². The predicted octanol–water partition coefficient (Wildman–Crippen LogP) is 4.95. The highest BCUT2D eigenvalue weighted by atomic mass is 16.5. The maximum atomic E-state index is 6.08. The summed E-state index contributed by atoms with van der Waals surface area (Å²) in [6, 6.07) is 19.3. The molecule has 1 N–H and O–H groups in total.